The van der Waals surface area contributed by atoms with Gasteiger partial charge in [0.05, 0.1) is 27.3 Å². The van der Waals surface area contributed by atoms with Gasteiger partial charge in [0.25, 0.3) is 5.91 Å². The molecule has 0 spiro atoms. The molecule has 152 valence electrons. The van der Waals surface area contributed by atoms with E-state index < -0.39 is 23.4 Å². The Labute approximate surface area is 179 Å². The predicted octanol–water partition coefficient (Wildman–Crippen LogP) is 4.37. The van der Waals surface area contributed by atoms with Crippen LogP contribution in [0.2, 0.25) is 0 Å². The number of thiophene rings is 1. The van der Waals surface area contributed by atoms with Gasteiger partial charge in [-0.05, 0) is 47.8 Å². The third-order valence-electron chi connectivity index (χ3n) is 4.00. The van der Waals surface area contributed by atoms with Crippen molar-refractivity contribution in [3.63, 3.8) is 0 Å². The Bertz CT molecular complexity index is 1120. The van der Waals surface area contributed by atoms with E-state index in [2.05, 4.69) is 5.32 Å². The minimum atomic E-state index is -1.40. The van der Waals surface area contributed by atoms with Crippen molar-refractivity contribution in [1.82, 2.24) is 0 Å². The molecule has 3 aromatic rings. The zero-order valence-corrected chi connectivity index (χ0v) is 17.0. The number of nitrogens with one attached hydrogen (secondary N) is 1. The number of hydrogen-bond acceptors (Lipinski definition) is 6. The number of benzene rings is 2. The summed E-state index contributed by atoms with van der Waals surface area (Å²) in [7, 11) is 0. The van der Waals surface area contributed by atoms with Crippen molar-refractivity contribution in [1.29, 1.82) is 0 Å². The van der Waals surface area contributed by atoms with Gasteiger partial charge in [-0.15, -0.1) is 23.1 Å². The lowest BCUT2D eigenvalue weighted by Crippen LogP contribution is -2.17. The molecule has 0 aliphatic rings. The maximum absolute atomic E-state index is 12.6. The Hall–Kier alpha value is -3.43. The molecule has 9 heteroatoms. The number of ketones is 1. The van der Waals surface area contributed by atoms with Gasteiger partial charge in [0.1, 0.15) is 0 Å². The van der Waals surface area contributed by atoms with Crippen LogP contribution in [-0.2, 0) is 0 Å². The third-order valence-corrected chi connectivity index (χ3v) is 5.90. The first-order chi connectivity index (χ1) is 14.3. The van der Waals surface area contributed by atoms with E-state index in [1.165, 1.54) is 35.2 Å². The number of Topliss-reactive ketones (excluding diaryl/α,β-unsaturated/α-hetero) is 1. The van der Waals surface area contributed by atoms with Crippen molar-refractivity contribution in [2.45, 2.75) is 4.90 Å². The summed E-state index contributed by atoms with van der Waals surface area (Å²) in [5.74, 6) is -3.11. The number of rotatable bonds is 8. The molecule has 0 atom stereocenters. The van der Waals surface area contributed by atoms with Crippen molar-refractivity contribution in [2.24, 2.45) is 0 Å². The first-order valence-corrected chi connectivity index (χ1v) is 10.4. The molecule has 2 aromatic carbocycles. The fraction of sp³-hybridized carbons (Fsp3) is 0.0476. The molecule has 1 aromatic heterocycles. The number of thioether (sulfide) groups is 1. The highest BCUT2D eigenvalue weighted by Gasteiger charge is 2.19. The van der Waals surface area contributed by atoms with E-state index in [0.717, 1.165) is 11.0 Å². The fourth-order valence-electron chi connectivity index (χ4n) is 2.57. The van der Waals surface area contributed by atoms with E-state index >= 15 is 0 Å². The molecule has 7 nitrogen and oxygen atoms in total. The van der Waals surface area contributed by atoms with Crippen LogP contribution in [0.4, 0.5) is 5.69 Å². The molecule has 0 aliphatic carbocycles. The number of aromatic carboxylic acids is 2. The standard InChI is InChI=1S/C21H15NO6S2/c23-17(18-5-2-8-29-18)11-30-14-4-1-3-13(10-14)22-19(24)15-7-6-12(20(25)26)9-16(15)21(27)28/h1-10H,11H2,(H,22,24)(H,25,26)(H,27,28). The molecule has 0 aliphatic heterocycles. The van der Waals surface area contributed by atoms with Gasteiger partial charge in [0.15, 0.2) is 5.78 Å². The third kappa shape index (κ3) is 5.13. The van der Waals surface area contributed by atoms with Crippen molar-refractivity contribution >= 4 is 52.4 Å². The summed E-state index contributed by atoms with van der Waals surface area (Å²) >= 11 is 2.70. The van der Waals surface area contributed by atoms with Gasteiger partial charge in [-0.2, -0.15) is 0 Å². The molecule has 1 heterocycles. The molecule has 0 saturated heterocycles. The average Bonchev–Trinajstić information content (AvgIpc) is 3.26. The Morgan fingerprint density at radius 1 is 0.900 bits per heavy atom. The Morgan fingerprint density at radius 3 is 2.37 bits per heavy atom. The van der Waals surface area contributed by atoms with Gasteiger partial charge in [0.2, 0.25) is 0 Å². The fourth-order valence-corrected chi connectivity index (χ4v) is 4.17. The normalized spacial score (nSPS) is 10.4. The van der Waals surface area contributed by atoms with Gasteiger partial charge >= 0.3 is 11.9 Å². The molecule has 0 unspecified atom stereocenters. The smallest absolute Gasteiger partial charge is 0.336 e. The molecular formula is C21H15NO6S2. The summed E-state index contributed by atoms with van der Waals surface area (Å²) in [4.78, 5) is 48.6. The van der Waals surface area contributed by atoms with Gasteiger partial charge in [0, 0.05) is 10.6 Å². The number of hydrogen-bond donors (Lipinski definition) is 3. The average molecular weight is 441 g/mol. The highest BCUT2D eigenvalue weighted by atomic mass is 32.2. The van der Waals surface area contributed by atoms with E-state index in [9.17, 15) is 24.3 Å². The Morgan fingerprint density at radius 2 is 1.70 bits per heavy atom. The maximum Gasteiger partial charge on any atom is 0.336 e. The van der Waals surface area contributed by atoms with Crippen molar-refractivity contribution in [2.75, 3.05) is 11.1 Å². The Balaban J connectivity index is 1.73. The lowest BCUT2D eigenvalue weighted by Gasteiger charge is -2.10. The first kappa shape index (κ1) is 21.3. The van der Waals surface area contributed by atoms with Gasteiger partial charge in [-0.25, -0.2) is 9.59 Å². The zero-order valence-electron chi connectivity index (χ0n) is 15.3. The van der Waals surface area contributed by atoms with Crippen LogP contribution in [0.25, 0.3) is 0 Å². The van der Waals surface area contributed by atoms with E-state index in [1.807, 2.05) is 11.4 Å². The van der Waals surface area contributed by atoms with Crippen molar-refractivity contribution in [3.05, 3.63) is 81.5 Å². The molecule has 0 bridgehead atoms. The van der Waals surface area contributed by atoms with Crippen LogP contribution in [0.3, 0.4) is 0 Å². The molecule has 30 heavy (non-hydrogen) atoms. The minimum Gasteiger partial charge on any atom is -0.478 e. The highest BCUT2D eigenvalue weighted by molar-refractivity contribution is 8.00. The summed E-state index contributed by atoms with van der Waals surface area (Å²) in [5.41, 5.74) is -0.358. The van der Waals surface area contributed by atoms with Gasteiger partial charge < -0.3 is 15.5 Å². The van der Waals surface area contributed by atoms with Crippen LogP contribution < -0.4 is 5.32 Å². The predicted molar refractivity (Wildman–Crippen MR) is 114 cm³/mol. The lowest BCUT2D eigenvalue weighted by molar-refractivity contribution is 0.0692. The highest BCUT2D eigenvalue weighted by Crippen LogP contribution is 2.24. The van der Waals surface area contributed by atoms with Crippen LogP contribution in [-0.4, -0.2) is 39.6 Å². The number of carbonyl (C=O) groups excluding carboxylic acids is 2. The monoisotopic (exact) mass is 441 g/mol. The van der Waals surface area contributed by atoms with Crippen molar-refractivity contribution < 1.29 is 29.4 Å². The summed E-state index contributed by atoms with van der Waals surface area (Å²) in [6.07, 6.45) is 0. The van der Waals surface area contributed by atoms with E-state index in [4.69, 9.17) is 5.11 Å². The van der Waals surface area contributed by atoms with Crippen LogP contribution in [0.15, 0.2) is 64.9 Å². The number of amides is 1. The van der Waals surface area contributed by atoms with E-state index in [0.29, 0.717) is 10.6 Å². The molecule has 0 saturated carbocycles. The second kappa shape index (κ2) is 9.38. The summed E-state index contributed by atoms with van der Waals surface area (Å²) in [6, 6.07) is 13.7. The lowest BCUT2D eigenvalue weighted by atomic mass is 10.0. The SMILES string of the molecule is O=C(O)c1ccc(C(=O)Nc2cccc(SCC(=O)c3cccs3)c2)c(C(=O)O)c1. The minimum absolute atomic E-state index is 0.00839. The Kier molecular flexibility index (Phi) is 6.65. The van der Waals surface area contributed by atoms with Crippen LogP contribution in [0, 0.1) is 0 Å². The second-order valence-electron chi connectivity index (χ2n) is 6.04. The van der Waals surface area contributed by atoms with E-state index in [-0.39, 0.29) is 22.7 Å². The van der Waals surface area contributed by atoms with Gasteiger partial charge in [-0.3, -0.25) is 9.59 Å². The zero-order chi connectivity index (χ0) is 21.7. The molecule has 3 rings (SSSR count). The summed E-state index contributed by atoms with van der Waals surface area (Å²) in [5, 5.41) is 22.8. The van der Waals surface area contributed by atoms with E-state index in [1.54, 1.807) is 30.3 Å². The van der Waals surface area contributed by atoms with Gasteiger partial charge in [-0.1, -0.05) is 12.1 Å². The number of carbonyl (C=O) groups is 4. The topological polar surface area (TPSA) is 121 Å². The number of carboxylic acids is 2. The largest absolute Gasteiger partial charge is 0.478 e. The second-order valence-corrected chi connectivity index (χ2v) is 8.04. The summed E-state index contributed by atoms with van der Waals surface area (Å²) < 4.78 is 0. The van der Waals surface area contributed by atoms with Crippen LogP contribution in [0.1, 0.15) is 40.7 Å². The molecular weight excluding hydrogens is 426 g/mol. The molecule has 0 radical (unpaired) electrons. The summed E-state index contributed by atoms with van der Waals surface area (Å²) in [6.45, 7) is 0. The molecule has 1 amide bonds. The quantitative estimate of drug-likeness (QED) is 0.350. The molecule has 3 N–H and O–H groups in total. The maximum atomic E-state index is 12.6. The first-order valence-electron chi connectivity index (χ1n) is 8.56. The van der Waals surface area contributed by atoms with Crippen molar-refractivity contribution in [3.8, 4) is 0 Å². The molecule has 0 fully saturated rings. The number of anilines is 1. The van der Waals surface area contributed by atoms with Crippen LogP contribution >= 0.6 is 23.1 Å². The number of carboxylic acid groups (broad SMARTS) is 2. The van der Waals surface area contributed by atoms with Crippen LogP contribution in [0.5, 0.6) is 0 Å².